The number of benzene rings is 2. The molecule has 1 heterocycles. The number of hydrogen-bond donors (Lipinski definition) is 1. The van der Waals surface area contributed by atoms with Gasteiger partial charge in [-0.25, -0.2) is 0 Å². The van der Waals surface area contributed by atoms with Gasteiger partial charge in [-0.3, -0.25) is 4.79 Å². The van der Waals surface area contributed by atoms with Gasteiger partial charge in [0.2, 0.25) is 17.4 Å². The predicted octanol–water partition coefficient (Wildman–Crippen LogP) is 2.01. The Kier molecular flexibility index (Phi) is 4.49. The van der Waals surface area contributed by atoms with Crippen LogP contribution in [0.15, 0.2) is 66.2 Å². The van der Waals surface area contributed by atoms with Crippen molar-refractivity contribution >= 4 is 15.9 Å². The smallest absolute Gasteiger partial charge is 0.313 e. The summed E-state index contributed by atoms with van der Waals surface area (Å²) in [6.45, 7) is 0. The molecule has 1 aliphatic heterocycles. The Morgan fingerprint density at radius 1 is 1.15 bits per heavy atom. The number of ketones is 1. The van der Waals surface area contributed by atoms with Gasteiger partial charge in [-0.2, -0.15) is 8.42 Å². The van der Waals surface area contributed by atoms with Crippen LogP contribution in [-0.2, 0) is 29.6 Å². The number of ether oxygens (including phenoxy) is 2. The molecule has 0 amide bonds. The fraction of sp³-hybridized carbons (Fsp3) is 0.167. The lowest BCUT2D eigenvalue weighted by Gasteiger charge is -2.10. The topological polar surface area (TPSA) is 105 Å². The van der Waals surface area contributed by atoms with E-state index in [2.05, 4.69) is 0 Å². The Morgan fingerprint density at radius 3 is 2.42 bits per heavy atom. The van der Waals surface area contributed by atoms with Crippen molar-refractivity contribution < 1.29 is 28.2 Å². The van der Waals surface area contributed by atoms with Crippen molar-refractivity contribution in [1.82, 2.24) is 0 Å². The van der Waals surface area contributed by atoms with Gasteiger partial charge in [0.1, 0.15) is 11.5 Å². The molecule has 0 aliphatic carbocycles. The largest absolute Gasteiger partial charge is 0.497 e. The highest BCUT2D eigenvalue weighted by Crippen LogP contribution is 2.33. The molecule has 0 radical (unpaired) electrons. The van der Waals surface area contributed by atoms with E-state index in [0.717, 1.165) is 0 Å². The molecule has 0 bridgehead atoms. The van der Waals surface area contributed by atoms with Crippen LogP contribution in [0.3, 0.4) is 0 Å². The Balaban J connectivity index is 1.82. The molecule has 0 fully saturated rings. The Hall–Kier alpha value is -3.00. The maximum Gasteiger partial charge on any atom is 0.313 e. The number of hydrogen-bond acceptors (Lipinski definition) is 7. The zero-order chi connectivity index (χ0) is 19.7. The summed E-state index contributed by atoms with van der Waals surface area (Å²) in [5.41, 5.74) is 6.29. The van der Waals surface area contributed by atoms with Crippen LogP contribution in [0.5, 0.6) is 5.75 Å². The molecule has 7 nitrogen and oxygen atoms in total. The van der Waals surface area contributed by atoms with Crippen LogP contribution in [0.1, 0.15) is 18.6 Å². The third-order valence-electron chi connectivity index (χ3n) is 3.60. The van der Waals surface area contributed by atoms with E-state index in [-0.39, 0.29) is 5.56 Å². The number of methoxy groups -OCH3 is 1. The highest BCUT2D eigenvalue weighted by Gasteiger charge is 2.39. The fourth-order valence-corrected chi connectivity index (χ4v) is 3.44. The molecule has 3 rings (SSSR count). The van der Waals surface area contributed by atoms with E-state index < -0.39 is 39.4 Å². The van der Waals surface area contributed by atoms with Crippen molar-refractivity contribution in [2.75, 3.05) is 7.11 Å². The molecule has 2 aromatic carbocycles. The maximum atomic E-state index is 12.7. The van der Waals surface area contributed by atoms with Gasteiger partial charge in [-0.15, -0.1) is 0 Å². The first-order chi connectivity index (χ1) is 12.7. The minimum Gasteiger partial charge on any atom is -0.497 e. The second-order valence-corrected chi connectivity index (χ2v) is 7.02. The van der Waals surface area contributed by atoms with Crippen LogP contribution in [0.2, 0.25) is 0 Å². The zero-order valence-corrected chi connectivity index (χ0v) is 14.7. The van der Waals surface area contributed by atoms with E-state index >= 15 is 0 Å². The van der Waals surface area contributed by atoms with Crippen LogP contribution < -0.4 is 10.5 Å². The Morgan fingerprint density at radius 2 is 1.81 bits per heavy atom. The normalized spacial score (nSPS) is 20.5. The van der Waals surface area contributed by atoms with E-state index in [0.29, 0.717) is 11.3 Å². The summed E-state index contributed by atoms with van der Waals surface area (Å²) in [7, 11) is -2.69. The third-order valence-corrected chi connectivity index (χ3v) is 4.70. The number of carbonyl (C=O) groups excluding carboxylic acids is 1. The van der Waals surface area contributed by atoms with Crippen molar-refractivity contribution in [3.63, 3.8) is 0 Å². The lowest BCUT2D eigenvalue weighted by Crippen LogP contribution is -2.16. The first-order valence-corrected chi connectivity index (χ1v) is 9.17. The second-order valence-electron chi connectivity index (χ2n) is 5.45. The first-order valence-electron chi connectivity index (χ1n) is 8.09. The first kappa shape index (κ1) is 16.5. The summed E-state index contributed by atoms with van der Waals surface area (Å²) in [5, 5.41) is 0. The number of nitrogens with two attached hydrogens (primary N) is 1. The maximum absolute atomic E-state index is 12.7. The van der Waals surface area contributed by atoms with Crippen molar-refractivity contribution in [2.45, 2.75) is 11.8 Å². The summed E-state index contributed by atoms with van der Waals surface area (Å²) in [6.07, 6.45) is -2.23. The Labute approximate surface area is 152 Å². The van der Waals surface area contributed by atoms with Crippen molar-refractivity contribution in [3.8, 4) is 5.75 Å². The van der Waals surface area contributed by atoms with Gasteiger partial charge < -0.3 is 19.4 Å². The minimum absolute atomic E-state index is 0.162. The third kappa shape index (κ3) is 3.80. The van der Waals surface area contributed by atoms with E-state index in [4.69, 9.17) is 20.8 Å². The molecule has 2 N–H and O–H groups in total. The van der Waals surface area contributed by atoms with Gasteiger partial charge in [-0.1, -0.05) is 42.5 Å². The summed E-state index contributed by atoms with van der Waals surface area (Å²) in [6, 6.07) is 14.3. The summed E-state index contributed by atoms with van der Waals surface area (Å²) in [4.78, 5) is 12.7. The summed E-state index contributed by atoms with van der Waals surface area (Å²) >= 11 is 0. The fourth-order valence-electron chi connectivity index (χ4n) is 2.36. The predicted molar refractivity (Wildman–Crippen MR) is 93.2 cm³/mol. The van der Waals surface area contributed by atoms with Crippen molar-refractivity contribution in [2.24, 2.45) is 5.73 Å². The lowest BCUT2D eigenvalue weighted by atomic mass is 10.1. The highest BCUT2D eigenvalue weighted by atomic mass is 32.2. The molecule has 0 saturated heterocycles. The summed E-state index contributed by atoms with van der Waals surface area (Å²) < 4.78 is 48.0. The van der Waals surface area contributed by atoms with Crippen molar-refractivity contribution in [1.29, 1.82) is 0 Å². The second kappa shape index (κ2) is 7.09. The highest BCUT2D eigenvalue weighted by molar-refractivity contribution is 7.86. The molecule has 1 atom stereocenters. The average molecular weight is 376 g/mol. The van der Waals surface area contributed by atoms with Crippen LogP contribution in [-0.4, -0.2) is 21.3 Å². The molecule has 0 saturated carbocycles. The van der Waals surface area contributed by atoms with Gasteiger partial charge >= 0.3 is 10.1 Å². The average Bonchev–Trinajstić information content (AvgIpc) is 2.86. The standard InChI is InChI=1S/C18H17NO6S/c1-23-14-9-7-13(8-10-14)16-15(20)17(18(19)24-16)25-26(21,22)11-12-5-3-2-4-6-12/h2-10,16H,11,19H2,1H3/t16-/m1/s1/i16D. The van der Waals surface area contributed by atoms with E-state index in [1.807, 2.05) is 0 Å². The monoisotopic (exact) mass is 376 g/mol. The van der Waals surface area contributed by atoms with E-state index in [1.165, 1.54) is 19.2 Å². The van der Waals surface area contributed by atoms with Crippen molar-refractivity contribution in [3.05, 3.63) is 77.4 Å². The Bertz CT molecular complexity index is 988. The molecular formula is C18H17NO6S. The number of Topliss-reactive ketones (excluding diaryl/α,β-unsaturated/α-hetero) is 1. The lowest BCUT2D eigenvalue weighted by molar-refractivity contribution is -0.123. The molecule has 8 heteroatoms. The van der Waals surface area contributed by atoms with E-state index in [1.54, 1.807) is 42.5 Å². The molecule has 26 heavy (non-hydrogen) atoms. The molecule has 1 aliphatic rings. The quantitative estimate of drug-likeness (QED) is 0.769. The van der Waals surface area contributed by atoms with Crippen LogP contribution in [0.25, 0.3) is 0 Å². The van der Waals surface area contributed by atoms with Crippen LogP contribution in [0.4, 0.5) is 0 Å². The van der Waals surface area contributed by atoms with Gasteiger partial charge in [0, 0.05) is 5.56 Å². The molecule has 0 spiro atoms. The van der Waals surface area contributed by atoms with Gasteiger partial charge in [-0.05, 0) is 17.7 Å². The number of carbonyl (C=O) groups is 1. The van der Waals surface area contributed by atoms with Crippen LogP contribution >= 0.6 is 0 Å². The molecule has 0 aromatic heterocycles. The molecule has 136 valence electrons. The molecule has 0 unspecified atom stereocenters. The van der Waals surface area contributed by atoms with Gasteiger partial charge in [0.05, 0.1) is 8.48 Å². The molecule has 2 aromatic rings. The zero-order valence-electron chi connectivity index (χ0n) is 14.8. The SMILES string of the molecule is [2H][C@]1(c2ccc(OC)cc2)OC(N)=C(OS(=O)(=O)Cc2ccccc2)C1=O. The van der Waals surface area contributed by atoms with Gasteiger partial charge in [0.25, 0.3) is 0 Å². The summed E-state index contributed by atoms with van der Waals surface area (Å²) in [5.74, 6) is -2.18. The molecular weight excluding hydrogens is 358 g/mol. The minimum atomic E-state index is -4.17. The van der Waals surface area contributed by atoms with E-state index in [9.17, 15) is 13.2 Å². The van der Waals surface area contributed by atoms with Gasteiger partial charge in [0.15, 0.2) is 6.08 Å². The number of rotatable bonds is 6. The van der Waals surface area contributed by atoms with Crippen LogP contribution in [0, 0.1) is 0 Å².